The molecule has 0 bridgehead atoms. The van der Waals surface area contributed by atoms with Crippen LogP contribution in [-0.2, 0) is 6.54 Å². The van der Waals surface area contributed by atoms with Gasteiger partial charge in [-0.1, -0.05) is 25.0 Å². The number of para-hydroxylation sites is 1. The molecule has 0 amide bonds. The Balaban J connectivity index is 1.83. The second-order valence-electron chi connectivity index (χ2n) is 5.27. The summed E-state index contributed by atoms with van der Waals surface area (Å²) < 4.78 is 0. The molecular formula is C15H21N3. The van der Waals surface area contributed by atoms with Gasteiger partial charge < -0.3 is 10.7 Å². The molecule has 2 heterocycles. The highest BCUT2D eigenvalue weighted by Gasteiger charge is 2.12. The van der Waals surface area contributed by atoms with Gasteiger partial charge in [0.05, 0.1) is 11.2 Å². The SMILES string of the molecule is Nc1cccc2c(CN3CCCCCC3)c[nH]c12. The van der Waals surface area contributed by atoms with E-state index in [0.717, 1.165) is 17.7 Å². The molecule has 3 heteroatoms. The highest BCUT2D eigenvalue weighted by molar-refractivity contribution is 5.92. The van der Waals surface area contributed by atoms with E-state index in [1.54, 1.807) is 0 Å². The molecule has 3 nitrogen and oxygen atoms in total. The third-order valence-electron chi connectivity index (χ3n) is 3.93. The van der Waals surface area contributed by atoms with Crippen LogP contribution >= 0.6 is 0 Å². The summed E-state index contributed by atoms with van der Waals surface area (Å²) in [6, 6.07) is 6.15. The number of rotatable bonds is 2. The molecule has 3 rings (SSSR count). The van der Waals surface area contributed by atoms with Gasteiger partial charge in [-0.2, -0.15) is 0 Å². The monoisotopic (exact) mass is 243 g/mol. The van der Waals surface area contributed by atoms with E-state index in [4.69, 9.17) is 5.73 Å². The van der Waals surface area contributed by atoms with E-state index in [1.807, 2.05) is 12.1 Å². The fourth-order valence-corrected chi connectivity index (χ4v) is 2.90. The van der Waals surface area contributed by atoms with Crippen LogP contribution in [0.3, 0.4) is 0 Å². The van der Waals surface area contributed by atoms with Gasteiger partial charge in [-0.15, -0.1) is 0 Å². The van der Waals surface area contributed by atoms with Crippen molar-refractivity contribution in [3.63, 3.8) is 0 Å². The van der Waals surface area contributed by atoms with E-state index < -0.39 is 0 Å². The molecule has 18 heavy (non-hydrogen) atoms. The predicted molar refractivity (Wildman–Crippen MR) is 76.5 cm³/mol. The number of aromatic nitrogens is 1. The quantitative estimate of drug-likeness (QED) is 0.796. The summed E-state index contributed by atoms with van der Waals surface area (Å²) in [4.78, 5) is 5.88. The average Bonchev–Trinajstić information content (AvgIpc) is 2.61. The van der Waals surface area contributed by atoms with Crippen LogP contribution in [0.5, 0.6) is 0 Å². The van der Waals surface area contributed by atoms with Gasteiger partial charge in [0.2, 0.25) is 0 Å². The maximum Gasteiger partial charge on any atom is 0.0690 e. The van der Waals surface area contributed by atoms with Crippen molar-refractivity contribution in [2.24, 2.45) is 0 Å². The Bertz CT molecular complexity index is 522. The summed E-state index contributed by atoms with van der Waals surface area (Å²) in [7, 11) is 0. The lowest BCUT2D eigenvalue weighted by Gasteiger charge is -2.19. The zero-order chi connectivity index (χ0) is 12.4. The smallest absolute Gasteiger partial charge is 0.0690 e. The van der Waals surface area contributed by atoms with Crippen molar-refractivity contribution in [3.8, 4) is 0 Å². The lowest BCUT2D eigenvalue weighted by molar-refractivity contribution is 0.278. The molecular weight excluding hydrogens is 222 g/mol. The first-order valence-corrected chi connectivity index (χ1v) is 6.91. The number of aromatic amines is 1. The molecule has 1 saturated heterocycles. The van der Waals surface area contributed by atoms with Gasteiger partial charge in [0.25, 0.3) is 0 Å². The largest absolute Gasteiger partial charge is 0.397 e. The van der Waals surface area contributed by atoms with Gasteiger partial charge in [-0.25, -0.2) is 0 Å². The summed E-state index contributed by atoms with van der Waals surface area (Å²) in [6.07, 6.45) is 7.57. The van der Waals surface area contributed by atoms with Crippen molar-refractivity contribution in [3.05, 3.63) is 30.0 Å². The van der Waals surface area contributed by atoms with Gasteiger partial charge in [-0.05, 0) is 37.6 Å². The van der Waals surface area contributed by atoms with Crippen LogP contribution in [0.2, 0.25) is 0 Å². The van der Waals surface area contributed by atoms with Crippen molar-refractivity contribution in [2.45, 2.75) is 32.2 Å². The van der Waals surface area contributed by atoms with Crippen molar-refractivity contribution < 1.29 is 0 Å². The van der Waals surface area contributed by atoms with E-state index >= 15 is 0 Å². The Hall–Kier alpha value is -1.48. The lowest BCUT2D eigenvalue weighted by atomic mass is 10.1. The molecule has 2 aromatic rings. The van der Waals surface area contributed by atoms with Crippen molar-refractivity contribution in [2.75, 3.05) is 18.8 Å². The molecule has 0 unspecified atom stereocenters. The number of likely N-dealkylation sites (tertiary alicyclic amines) is 1. The molecule has 0 aliphatic carbocycles. The normalized spacial score (nSPS) is 18.0. The molecule has 1 fully saturated rings. The molecule has 0 spiro atoms. The Labute approximate surface area is 108 Å². The molecule has 1 aromatic heterocycles. The van der Waals surface area contributed by atoms with Crippen LogP contribution in [0.4, 0.5) is 5.69 Å². The molecule has 96 valence electrons. The van der Waals surface area contributed by atoms with Crippen LogP contribution in [0.15, 0.2) is 24.4 Å². The van der Waals surface area contributed by atoms with Gasteiger partial charge in [0.1, 0.15) is 0 Å². The minimum Gasteiger partial charge on any atom is -0.397 e. The van der Waals surface area contributed by atoms with Gasteiger partial charge >= 0.3 is 0 Å². The number of hydrogen-bond acceptors (Lipinski definition) is 2. The van der Waals surface area contributed by atoms with E-state index in [0.29, 0.717) is 0 Å². The fourth-order valence-electron chi connectivity index (χ4n) is 2.90. The van der Waals surface area contributed by atoms with Gasteiger partial charge in [0, 0.05) is 18.1 Å². The zero-order valence-electron chi connectivity index (χ0n) is 10.8. The van der Waals surface area contributed by atoms with Gasteiger partial charge in [-0.3, -0.25) is 4.90 Å². The number of H-pyrrole nitrogens is 1. The Morgan fingerprint density at radius 3 is 2.67 bits per heavy atom. The average molecular weight is 243 g/mol. The van der Waals surface area contributed by atoms with Crippen molar-refractivity contribution in [1.82, 2.24) is 9.88 Å². The highest BCUT2D eigenvalue weighted by Crippen LogP contribution is 2.25. The van der Waals surface area contributed by atoms with Crippen molar-refractivity contribution in [1.29, 1.82) is 0 Å². The summed E-state index contributed by atoms with van der Waals surface area (Å²) in [5, 5.41) is 1.28. The second kappa shape index (κ2) is 5.02. The number of nitrogens with two attached hydrogens (primary N) is 1. The first-order valence-electron chi connectivity index (χ1n) is 6.91. The van der Waals surface area contributed by atoms with Gasteiger partial charge in [0.15, 0.2) is 0 Å². The second-order valence-corrected chi connectivity index (χ2v) is 5.27. The summed E-state index contributed by atoms with van der Waals surface area (Å²) in [6.45, 7) is 3.51. The number of nitrogens with zero attached hydrogens (tertiary/aromatic N) is 1. The predicted octanol–water partition coefficient (Wildman–Crippen LogP) is 3.13. The number of fused-ring (bicyclic) bond motifs is 1. The Morgan fingerprint density at radius 1 is 1.11 bits per heavy atom. The topological polar surface area (TPSA) is 45.0 Å². The van der Waals surface area contributed by atoms with Crippen LogP contribution in [0.1, 0.15) is 31.2 Å². The number of nitrogen functional groups attached to an aromatic ring is 1. The Kier molecular flexibility index (Phi) is 3.24. The minimum atomic E-state index is 0.842. The number of anilines is 1. The third kappa shape index (κ3) is 2.23. The molecule has 1 aliphatic rings. The maximum atomic E-state index is 5.98. The molecule has 0 atom stereocenters. The molecule has 1 aliphatic heterocycles. The van der Waals surface area contributed by atoms with Crippen molar-refractivity contribution >= 4 is 16.6 Å². The molecule has 1 aromatic carbocycles. The zero-order valence-corrected chi connectivity index (χ0v) is 10.8. The molecule has 0 radical (unpaired) electrons. The minimum absolute atomic E-state index is 0.842. The van der Waals surface area contributed by atoms with Crippen LogP contribution in [-0.4, -0.2) is 23.0 Å². The van der Waals surface area contributed by atoms with Crippen LogP contribution in [0.25, 0.3) is 10.9 Å². The van der Waals surface area contributed by atoms with Crippen LogP contribution < -0.4 is 5.73 Å². The third-order valence-corrected chi connectivity index (χ3v) is 3.93. The lowest BCUT2D eigenvalue weighted by Crippen LogP contribution is -2.23. The number of nitrogens with one attached hydrogen (secondary N) is 1. The first kappa shape index (κ1) is 11.6. The van der Waals surface area contributed by atoms with Crippen LogP contribution in [0, 0.1) is 0 Å². The maximum absolute atomic E-state index is 5.98. The van der Waals surface area contributed by atoms with E-state index in [9.17, 15) is 0 Å². The Morgan fingerprint density at radius 2 is 1.89 bits per heavy atom. The number of benzene rings is 1. The molecule has 3 N–H and O–H groups in total. The first-order chi connectivity index (χ1) is 8.84. The summed E-state index contributed by atoms with van der Waals surface area (Å²) in [5.74, 6) is 0. The van der Waals surface area contributed by atoms with E-state index in [-0.39, 0.29) is 0 Å². The van der Waals surface area contributed by atoms with E-state index in [1.165, 1.54) is 49.7 Å². The number of hydrogen-bond donors (Lipinski definition) is 2. The standard InChI is InChI=1S/C15H21N3/c16-14-7-5-6-13-12(10-17-15(13)14)11-18-8-3-1-2-4-9-18/h5-7,10,17H,1-4,8-9,11,16H2. The highest BCUT2D eigenvalue weighted by atomic mass is 15.1. The van der Waals surface area contributed by atoms with E-state index in [2.05, 4.69) is 22.1 Å². The molecule has 0 saturated carbocycles. The summed E-state index contributed by atoms with van der Waals surface area (Å²) >= 11 is 0. The fraction of sp³-hybridized carbons (Fsp3) is 0.467. The summed E-state index contributed by atoms with van der Waals surface area (Å²) in [5.41, 5.74) is 9.28.